The van der Waals surface area contributed by atoms with Crippen LogP contribution in [0.4, 0.5) is 5.69 Å². The van der Waals surface area contributed by atoms with E-state index in [9.17, 15) is 0 Å². The van der Waals surface area contributed by atoms with Gasteiger partial charge in [0.25, 0.3) is 0 Å². The molecule has 1 unspecified atom stereocenters. The van der Waals surface area contributed by atoms with Crippen molar-refractivity contribution in [2.75, 3.05) is 26.6 Å². The summed E-state index contributed by atoms with van der Waals surface area (Å²) in [6, 6.07) is 3.89. The molecule has 1 aromatic carbocycles. The van der Waals surface area contributed by atoms with Gasteiger partial charge in [0.1, 0.15) is 0 Å². The number of benzene rings is 1. The van der Waals surface area contributed by atoms with Crippen molar-refractivity contribution in [1.29, 1.82) is 0 Å². The number of rotatable bonds is 6. The van der Waals surface area contributed by atoms with Gasteiger partial charge >= 0.3 is 0 Å². The summed E-state index contributed by atoms with van der Waals surface area (Å²) in [5.41, 5.74) is 0.895. The molecule has 94 valence electrons. The Balaban J connectivity index is 3.12. The van der Waals surface area contributed by atoms with E-state index >= 15 is 0 Å². The lowest BCUT2D eigenvalue weighted by Crippen LogP contribution is -2.11. The maximum absolute atomic E-state index is 5.26. The minimum Gasteiger partial charge on any atom is -0.493 e. The highest BCUT2D eigenvalue weighted by Crippen LogP contribution is 2.40. The normalized spacial score (nSPS) is 11.5. The van der Waals surface area contributed by atoms with Crippen LogP contribution in [-0.2, 0) is 0 Å². The molecule has 1 rings (SSSR count). The van der Waals surface area contributed by atoms with Crippen LogP contribution in [0.25, 0.3) is 0 Å². The Labute approximate surface area is 102 Å². The van der Waals surface area contributed by atoms with E-state index in [4.69, 9.17) is 14.2 Å². The fourth-order valence-electron chi connectivity index (χ4n) is 1.49. The molecule has 0 amide bonds. The first-order chi connectivity index (χ1) is 8.15. The third-order valence-electron chi connectivity index (χ3n) is 2.41. The summed E-state index contributed by atoms with van der Waals surface area (Å²) < 4.78 is 15.8. The van der Waals surface area contributed by atoms with Gasteiger partial charge < -0.3 is 19.5 Å². The van der Waals surface area contributed by atoms with Crippen molar-refractivity contribution < 1.29 is 14.2 Å². The number of hydrogen-bond donors (Lipinski definition) is 1. The van der Waals surface area contributed by atoms with Crippen LogP contribution in [-0.4, -0.2) is 27.4 Å². The van der Waals surface area contributed by atoms with Crippen molar-refractivity contribution in [3.63, 3.8) is 0 Å². The van der Waals surface area contributed by atoms with Crippen LogP contribution in [0.3, 0.4) is 0 Å². The molecular weight excluding hydrogens is 218 g/mol. The molecule has 1 aromatic rings. The zero-order valence-electron chi connectivity index (χ0n) is 10.7. The molecule has 0 radical (unpaired) electrons. The third kappa shape index (κ3) is 3.06. The molecule has 4 heteroatoms. The van der Waals surface area contributed by atoms with E-state index in [1.54, 1.807) is 21.3 Å². The predicted molar refractivity (Wildman–Crippen MR) is 69.4 cm³/mol. The highest BCUT2D eigenvalue weighted by atomic mass is 16.5. The fourth-order valence-corrected chi connectivity index (χ4v) is 1.49. The Hall–Kier alpha value is -1.84. The summed E-state index contributed by atoms with van der Waals surface area (Å²) in [5.74, 6) is 1.85. The Morgan fingerprint density at radius 2 is 1.65 bits per heavy atom. The van der Waals surface area contributed by atoms with Gasteiger partial charge in [0.2, 0.25) is 5.75 Å². The van der Waals surface area contributed by atoms with E-state index in [2.05, 4.69) is 11.9 Å². The van der Waals surface area contributed by atoms with Crippen LogP contribution in [0, 0.1) is 0 Å². The quantitative estimate of drug-likeness (QED) is 0.772. The van der Waals surface area contributed by atoms with E-state index in [0.29, 0.717) is 17.2 Å². The highest BCUT2D eigenvalue weighted by molar-refractivity contribution is 5.63. The van der Waals surface area contributed by atoms with Crippen LogP contribution in [0.1, 0.15) is 6.92 Å². The summed E-state index contributed by atoms with van der Waals surface area (Å²) in [5, 5.41) is 3.26. The van der Waals surface area contributed by atoms with Gasteiger partial charge in [0, 0.05) is 23.9 Å². The van der Waals surface area contributed by atoms with Gasteiger partial charge in [-0.15, -0.1) is 6.58 Å². The zero-order valence-corrected chi connectivity index (χ0v) is 10.7. The number of hydrogen-bond acceptors (Lipinski definition) is 4. The average Bonchev–Trinajstić information content (AvgIpc) is 2.37. The third-order valence-corrected chi connectivity index (χ3v) is 2.41. The summed E-state index contributed by atoms with van der Waals surface area (Å²) in [6.45, 7) is 5.74. The first-order valence-electron chi connectivity index (χ1n) is 5.35. The lowest BCUT2D eigenvalue weighted by molar-refractivity contribution is 0.324. The average molecular weight is 237 g/mol. The molecule has 0 heterocycles. The van der Waals surface area contributed by atoms with Crippen molar-refractivity contribution in [3.05, 3.63) is 24.8 Å². The van der Waals surface area contributed by atoms with Gasteiger partial charge in [0.15, 0.2) is 11.5 Å². The molecule has 0 aromatic heterocycles. The Bertz CT molecular complexity index is 365. The van der Waals surface area contributed by atoms with Gasteiger partial charge in [0.05, 0.1) is 21.3 Å². The van der Waals surface area contributed by atoms with Crippen molar-refractivity contribution in [2.45, 2.75) is 13.0 Å². The van der Waals surface area contributed by atoms with Crippen LogP contribution in [0.15, 0.2) is 24.8 Å². The molecule has 0 aliphatic rings. The Kier molecular flexibility index (Phi) is 4.69. The molecule has 0 spiro atoms. The molecule has 4 nitrogen and oxygen atoms in total. The molecule has 0 aliphatic heterocycles. The largest absolute Gasteiger partial charge is 0.493 e. The SMILES string of the molecule is C=CC(C)Nc1cc(OC)c(OC)c(OC)c1. The van der Waals surface area contributed by atoms with Gasteiger partial charge in [-0.1, -0.05) is 6.08 Å². The first-order valence-corrected chi connectivity index (χ1v) is 5.35. The number of ether oxygens (including phenoxy) is 3. The van der Waals surface area contributed by atoms with E-state index in [-0.39, 0.29) is 6.04 Å². The topological polar surface area (TPSA) is 39.7 Å². The maximum atomic E-state index is 5.26. The molecule has 1 N–H and O–H groups in total. The lowest BCUT2D eigenvalue weighted by atomic mass is 10.2. The monoisotopic (exact) mass is 237 g/mol. The van der Waals surface area contributed by atoms with Gasteiger partial charge in [-0.05, 0) is 6.92 Å². The van der Waals surface area contributed by atoms with Gasteiger partial charge in [-0.3, -0.25) is 0 Å². The van der Waals surface area contributed by atoms with E-state index in [1.807, 2.05) is 25.1 Å². The summed E-state index contributed by atoms with van der Waals surface area (Å²) in [4.78, 5) is 0. The fraction of sp³-hybridized carbons (Fsp3) is 0.385. The van der Waals surface area contributed by atoms with E-state index < -0.39 is 0 Å². The molecule has 0 saturated carbocycles. The van der Waals surface area contributed by atoms with Gasteiger partial charge in [-0.25, -0.2) is 0 Å². The second-order valence-electron chi connectivity index (χ2n) is 3.58. The van der Waals surface area contributed by atoms with Gasteiger partial charge in [-0.2, -0.15) is 0 Å². The molecule has 17 heavy (non-hydrogen) atoms. The van der Waals surface area contributed by atoms with Crippen LogP contribution in [0.5, 0.6) is 17.2 Å². The molecule has 0 saturated heterocycles. The van der Waals surface area contributed by atoms with E-state index in [1.165, 1.54) is 0 Å². The van der Waals surface area contributed by atoms with Crippen LogP contribution in [0.2, 0.25) is 0 Å². The summed E-state index contributed by atoms with van der Waals surface area (Å²) >= 11 is 0. The smallest absolute Gasteiger partial charge is 0.203 e. The minimum absolute atomic E-state index is 0.165. The van der Waals surface area contributed by atoms with Crippen LogP contribution >= 0.6 is 0 Å². The van der Waals surface area contributed by atoms with Crippen molar-refractivity contribution >= 4 is 5.69 Å². The lowest BCUT2D eigenvalue weighted by Gasteiger charge is -2.16. The summed E-state index contributed by atoms with van der Waals surface area (Å²) in [7, 11) is 4.77. The highest BCUT2D eigenvalue weighted by Gasteiger charge is 2.13. The molecular formula is C13H19NO3. The summed E-state index contributed by atoms with van der Waals surface area (Å²) in [6.07, 6.45) is 1.82. The molecule has 0 fully saturated rings. The predicted octanol–water partition coefficient (Wildman–Crippen LogP) is 2.70. The second-order valence-corrected chi connectivity index (χ2v) is 3.58. The number of nitrogens with one attached hydrogen (secondary N) is 1. The Morgan fingerprint density at radius 3 is 2.00 bits per heavy atom. The number of anilines is 1. The van der Waals surface area contributed by atoms with E-state index in [0.717, 1.165) is 5.69 Å². The maximum Gasteiger partial charge on any atom is 0.203 e. The van der Waals surface area contributed by atoms with Crippen molar-refractivity contribution in [2.24, 2.45) is 0 Å². The standard InChI is InChI=1S/C13H19NO3/c1-6-9(2)14-10-7-11(15-3)13(17-5)12(8-10)16-4/h6-9,14H,1H2,2-5H3. The second kappa shape index (κ2) is 6.03. The first kappa shape index (κ1) is 13.2. The zero-order chi connectivity index (χ0) is 12.8. The van der Waals surface area contributed by atoms with Crippen molar-refractivity contribution in [3.8, 4) is 17.2 Å². The molecule has 0 aliphatic carbocycles. The minimum atomic E-state index is 0.165. The molecule has 0 bridgehead atoms. The van der Waals surface area contributed by atoms with Crippen molar-refractivity contribution in [1.82, 2.24) is 0 Å². The molecule has 1 atom stereocenters. The van der Waals surface area contributed by atoms with Crippen LogP contribution < -0.4 is 19.5 Å². The number of methoxy groups -OCH3 is 3. The Morgan fingerprint density at radius 1 is 1.12 bits per heavy atom.